The lowest BCUT2D eigenvalue weighted by Crippen LogP contribution is -2.54. The third-order valence-corrected chi connectivity index (χ3v) is 6.07. The van der Waals surface area contributed by atoms with Gasteiger partial charge in [-0.15, -0.1) is 0 Å². The minimum Gasteiger partial charge on any atom is -0.371 e. The highest BCUT2D eigenvalue weighted by Gasteiger charge is 2.39. The fraction of sp³-hybridized carbons (Fsp3) is 0.417. The van der Waals surface area contributed by atoms with Crippen molar-refractivity contribution in [2.24, 2.45) is 0 Å². The summed E-state index contributed by atoms with van der Waals surface area (Å²) in [7, 11) is 0. The van der Waals surface area contributed by atoms with E-state index in [1.54, 1.807) is 18.2 Å². The number of anilines is 1. The van der Waals surface area contributed by atoms with E-state index in [1.807, 2.05) is 42.2 Å². The Morgan fingerprint density at radius 1 is 1.00 bits per heavy atom. The highest BCUT2D eigenvalue weighted by molar-refractivity contribution is 6.05. The van der Waals surface area contributed by atoms with E-state index in [4.69, 9.17) is 4.74 Å². The second-order valence-corrected chi connectivity index (χ2v) is 8.17. The molecular weight excluding hydrogens is 364 g/mol. The number of nitrogens with one attached hydrogen (secondary N) is 1. The number of morpholine rings is 1. The Kier molecular flexibility index (Phi) is 5.67. The maximum absolute atomic E-state index is 13.2. The number of ether oxygens (including phenoxy) is 1. The summed E-state index contributed by atoms with van der Waals surface area (Å²) >= 11 is 0. The molecule has 1 aliphatic heterocycles. The summed E-state index contributed by atoms with van der Waals surface area (Å²) in [5, 5.41) is 2.95. The fourth-order valence-electron chi connectivity index (χ4n) is 4.37. The van der Waals surface area contributed by atoms with Crippen molar-refractivity contribution in [3.05, 3.63) is 65.2 Å². The van der Waals surface area contributed by atoms with Gasteiger partial charge in [0.25, 0.3) is 11.8 Å². The van der Waals surface area contributed by atoms with Crippen LogP contribution in [0.3, 0.4) is 0 Å². The topological polar surface area (TPSA) is 58.6 Å². The van der Waals surface area contributed by atoms with Crippen LogP contribution < -0.4 is 5.32 Å². The molecule has 0 atom stereocenters. The normalized spacial score (nSPS) is 18.4. The first-order valence-corrected chi connectivity index (χ1v) is 10.5. The number of benzene rings is 2. The molecule has 0 radical (unpaired) electrons. The summed E-state index contributed by atoms with van der Waals surface area (Å²) in [5.41, 5.74) is 2.63. The van der Waals surface area contributed by atoms with Gasteiger partial charge >= 0.3 is 0 Å². The second kappa shape index (κ2) is 8.37. The number of carbonyl (C=O) groups is 2. The lowest BCUT2D eigenvalue weighted by atomic mass is 9.83. The summed E-state index contributed by atoms with van der Waals surface area (Å²) in [6.45, 7) is 3.79. The number of aryl methyl sites for hydroxylation is 1. The predicted molar refractivity (Wildman–Crippen MR) is 113 cm³/mol. The molecule has 1 saturated carbocycles. The zero-order valence-electron chi connectivity index (χ0n) is 16.9. The predicted octanol–water partition coefficient (Wildman–Crippen LogP) is 4.42. The molecule has 2 aliphatic rings. The molecule has 4 rings (SSSR count). The Morgan fingerprint density at radius 3 is 2.52 bits per heavy atom. The summed E-state index contributed by atoms with van der Waals surface area (Å²) in [6, 6.07) is 14.6. The Balaban J connectivity index is 1.50. The number of hydrogen-bond donors (Lipinski definition) is 1. The first-order valence-electron chi connectivity index (χ1n) is 10.5. The summed E-state index contributed by atoms with van der Waals surface area (Å²) in [6.07, 6.45) is 5.65. The smallest absolute Gasteiger partial charge is 0.255 e. The van der Waals surface area contributed by atoms with Crippen LogP contribution in [0.2, 0.25) is 0 Å². The van der Waals surface area contributed by atoms with Gasteiger partial charge in [0.05, 0.1) is 18.8 Å². The monoisotopic (exact) mass is 392 g/mol. The van der Waals surface area contributed by atoms with Gasteiger partial charge < -0.3 is 15.0 Å². The van der Waals surface area contributed by atoms with Crippen LogP contribution in [-0.2, 0) is 4.74 Å². The van der Waals surface area contributed by atoms with Gasteiger partial charge in [0.2, 0.25) is 0 Å². The van der Waals surface area contributed by atoms with E-state index in [0.29, 0.717) is 36.5 Å². The van der Waals surface area contributed by atoms with Crippen LogP contribution in [0.5, 0.6) is 0 Å². The average Bonchev–Trinajstić information content (AvgIpc) is 2.76. The van der Waals surface area contributed by atoms with Crippen molar-refractivity contribution in [3.8, 4) is 0 Å². The zero-order valence-corrected chi connectivity index (χ0v) is 16.9. The zero-order chi connectivity index (χ0) is 20.3. The van der Waals surface area contributed by atoms with Crippen molar-refractivity contribution in [1.82, 2.24) is 4.90 Å². The van der Waals surface area contributed by atoms with Gasteiger partial charge in [-0.3, -0.25) is 9.59 Å². The van der Waals surface area contributed by atoms with Gasteiger partial charge in [0.1, 0.15) is 0 Å². The lowest BCUT2D eigenvalue weighted by Gasteiger charge is -2.45. The van der Waals surface area contributed by atoms with Gasteiger partial charge in [0, 0.05) is 23.4 Å². The van der Waals surface area contributed by atoms with Gasteiger partial charge in [-0.05, 0) is 49.6 Å². The molecule has 0 aromatic heterocycles. The number of carbonyl (C=O) groups excluding carboxylic acids is 2. The molecule has 1 spiro atoms. The molecule has 0 unspecified atom stereocenters. The lowest BCUT2D eigenvalue weighted by molar-refractivity contribution is -0.117. The van der Waals surface area contributed by atoms with Crippen molar-refractivity contribution in [3.63, 3.8) is 0 Å². The maximum Gasteiger partial charge on any atom is 0.255 e. The summed E-state index contributed by atoms with van der Waals surface area (Å²) in [5.74, 6) is -0.167. The third-order valence-electron chi connectivity index (χ3n) is 6.07. The van der Waals surface area contributed by atoms with E-state index < -0.39 is 0 Å². The first kappa shape index (κ1) is 19.6. The van der Waals surface area contributed by atoms with Crippen LogP contribution in [0.15, 0.2) is 48.5 Å². The molecule has 2 aromatic carbocycles. The highest BCUT2D eigenvalue weighted by Crippen LogP contribution is 2.35. The molecule has 5 nitrogen and oxygen atoms in total. The minimum absolute atomic E-state index is 0.00783. The van der Waals surface area contributed by atoms with Crippen LogP contribution >= 0.6 is 0 Å². The molecule has 1 saturated heterocycles. The Morgan fingerprint density at radius 2 is 1.76 bits per heavy atom. The first-order chi connectivity index (χ1) is 14.1. The van der Waals surface area contributed by atoms with E-state index in [-0.39, 0.29) is 17.4 Å². The van der Waals surface area contributed by atoms with E-state index in [1.165, 1.54) is 19.3 Å². The number of nitrogens with zero attached hydrogens (tertiary/aromatic N) is 1. The summed E-state index contributed by atoms with van der Waals surface area (Å²) in [4.78, 5) is 27.7. The Labute approximate surface area is 172 Å². The van der Waals surface area contributed by atoms with E-state index in [2.05, 4.69) is 5.32 Å². The Hall–Kier alpha value is -2.66. The fourth-order valence-corrected chi connectivity index (χ4v) is 4.37. The van der Waals surface area contributed by atoms with E-state index in [0.717, 1.165) is 18.4 Å². The van der Waals surface area contributed by atoms with Crippen molar-refractivity contribution >= 4 is 17.5 Å². The Bertz CT molecular complexity index is 883. The third kappa shape index (κ3) is 4.35. The SMILES string of the molecule is Cc1ccc(C(=O)N2CCOC3(CCCCC3)C2)cc1NC(=O)c1ccccc1. The van der Waals surface area contributed by atoms with Gasteiger partial charge in [-0.1, -0.05) is 43.5 Å². The van der Waals surface area contributed by atoms with Crippen LogP contribution in [0.25, 0.3) is 0 Å². The molecule has 152 valence electrons. The van der Waals surface area contributed by atoms with Crippen LogP contribution in [0.1, 0.15) is 58.4 Å². The molecule has 2 fully saturated rings. The van der Waals surface area contributed by atoms with E-state index >= 15 is 0 Å². The van der Waals surface area contributed by atoms with E-state index in [9.17, 15) is 9.59 Å². The molecule has 1 N–H and O–H groups in total. The van der Waals surface area contributed by atoms with Crippen molar-refractivity contribution < 1.29 is 14.3 Å². The summed E-state index contributed by atoms with van der Waals surface area (Å²) < 4.78 is 6.12. The molecule has 2 aromatic rings. The molecular formula is C24H28N2O3. The van der Waals surface area contributed by atoms with Crippen molar-refractivity contribution in [2.45, 2.75) is 44.6 Å². The largest absolute Gasteiger partial charge is 0.371 e. The number of hydrogen-bond acceptors (Lipinski definition) is 3. The van der Waals surface area contributed by atoms with Crippen molar-refractivity contribution in [2.75, 3.05) is 25.0 Å². The van der Waals surface area contributed by atoms with Gasteiger partial charge in [-0.2, -0.15) is 0 Å². The average molecular weight is 392 g/mol. The highest BCUT2D eigenvalue weighted by atomic mass is 16.5. The number of rotatable bonds is 3. The maximum atomic E-state index is 13.2. The van der Waals surface area contributed by atoms with Crippen LogP contribution in [-0.4, -0.2) is 42.0 Å². The van der Waals surface area contributed by atoms with Crippen LogP contribution in [0.4, 0.5) is 5.69 Å². The van der Waals surface area contributed by atoms with Gasteiger partial charge in [0.15, 0.2) is 0 Å². The van der Waals surface area contributed by atoms with Crippen LogP contribution in [0, 0.1) is 6.92 Å². The van der Waals surface area contributed by atoms with Gasteiger partial charge in [-0.25, -0.2) is 0 Å². The molecule has 29 heavy (non-hydrogen) atoms. The standard InChI is InChI=1S/C24H28N2O3/c1-18-10-11-20(16-21(18)25-22(27)19-8-4-2-5-9-19)23(28)26-14-15-29-24(17-26)12-6-3-7-13-24/h2,4-5,8-11,16H,3,6-7,12-15,17H2,1H3,(H,25,27). The molecule has 1 heterocycles. The molecule has 0 bridgehead atoms. The molecule has 5 heteroatoms. The second-order valence-electron chi connectivity index (χ2n) is 8.17. The molecule has 2 amide bonds. The quantitative estimate of drug-likeness (QED) is 0.841. The number of amides is 2. The van der Waals surface area contributed by atoms with Crippen molar-refractivity contribution in [1.29, 1.82) is 0 Å². The minimum atomic E-state index is -0.175. The molecule has 1 aliphatic carbocycles.